The van der Waals surface area contributed by atoms with Crippen LogP contribution in [0, 0.1) is 5.82 Å². The number of hydrogen-bond donors (Lipinski definition) is 1. The van der Waals surface area contributed by atoms with Gasteiger partial charge in [0.15, 0.2) is 5.82 Å². The SMILES string of the molecule is O=C(NCc1ccc(OC(F)(F)F)cc1F)N1CCC[C@@H](N(c2cccnn2)C2CC2)C1. The maximum Gasteiger partial charge on any atom is 0.573 e. The van der Waals surface area contributed by atoms with E-state index in [1.807, 2.05) is 12.1 Å². The van der Waals surface area contributed by atoms with Crippen LogP contribution < -0.4 is 15.0 Å². The second kappa shape index (κ2) is 9.17. The summed E-state index contributed by atoms with van der Waals surface area (Å²) in [6.07, 6.45) is 0.619. The minimum atomic E-state index is -4.90. The van der Waals surface area contributed by atoms with Crippen LogP contribution in [-0.2, 0) is 6.54 Å². The topological polar surface area (TPSA) is 70.6 Å². The predicted octanol–water partition coefficient (Wildman–Crippen LogP) is 3.86. The predicted molar refractivity (Wildman–Crippen MR) is 107 cm³/mol. The number of carbonyl (C=O) groups is 1. The molecule has 1 N–H and O–H groups in total. The van der Waals surface area contributed by atoms with E-state index in [4.69, 9.17) is 0 Å². The molecule has 2 aliphatic rings. The van der Waals surface area contributed by atoms with Gasteiger partial charge in [0.2, 0.25) is 0 Å². The Hall–Kier alpha value is -3.11. The number of halogens is 4. The number of nitrogens with zero attached hydrogens (tertiary/aromatic N) is 4. The van der Waals surface area contributed by atoms with Crippen molar-refractivity contribution in [1.29, 1.82) is 0 Å². The van der Waals surface area contributed by atoms with E-state index in [1.165, 1.54) is 6.07 Å². The van der Waals surface area contributed by atoms with Crippen molar-refractivity contribution in [3.8, 4) is 5.75 Å². The number of piperidine rings is 1. The van der Waals surface area contributed by atoms with Crippen molar-refractivity contribution in [1.82, 2.24) is 20.4 Å². The smallest absolute Gasteiger partial charge is 0.406 e. The van der Waals surface area contributed by atoms with Gasteiger partial charge < -0.3 is 19.9 Å². The van der Waals surface area contributed by atoms with Crippen molar-refractivity contribution in [3.63, 3.8) is 0 Å². The molecule has 172 valence electrons. The maximum absolute atomic E-state index is 14.1. The molecule has 11 heteroatoms. The number of rotatable bonds is 6. The average molecular weight is 453 g/mol. The summed E-state index contributed by atoms with van der Waals surface area (Å²) < 4.78 is 54.6. The van der Waals surface area contributed by atoms with Crippen LogP contribution in [0.2, 0.25) is 0 Å². The molecular formula is C21H23F4N5O2. The Labute approximate surface area is 182 Å². The van der Waals surface area contributed by atoms with Crippen LogP contribution >= 0.6 is 0 Å². The van der Waals surface area contributed by atoms with Crippen LogP contribution in [0.15, 0.2) is 36.5 Å². The molecule has 1 aliphatic heterocycles. The summed E-state index contributed by atoms with van der Waals surface area (Å²) >= 11 is 0. The number of urea groups is 1. The second-order valence-corrected chi connectivity index (χ2v) is 7.92. The minimum Gasteiger partial charge on any atom is -0.406 e. The monoisotopic (exact) mass is 453 g/mol. The number of carbonyl (C=O) groups excluding carboxylic acids is 1. The van der Waals surface area contributed by atoms with Gasteiger partial charge >= 0.3 is 12.4 Å². The van der Waals surface area contributed by atoms with Crippen LogP contribution in [0.25, 0.3) is 0 Å². The molecule has 2 heterocycles. The molecule has 1 atom stereocenters. The van der Waals surface area contributed by atoms with Crippen LogP contribution in [0.5, 0.6) is 5.75 Å². The van der Waals surface area contributed by atoms with Crippen molar-refractivity contribution in [3.05, 3.63) is 47.9 Å². The molecule has 1 saturated heterocycles. The molecule has 0 radical (unpaired) electrons. The van der Waals surface area contributed by atoms with Crippen molar-refractivity contribution < 1.29 is 27.1 Å². The zero-order valence-corrected chi connectivity index (χ0v) is 17.2. The van der Waals surface area contributed by atoms with E-state index >= 15 is 0 Å². The number of benzene rings is 1. The van der Waals surface area contributed by atoms with Crippen molar-refractivity contribution in [2.24, 2.45) is 0 Å². The van der Waals surface area contributed by atoms with Gasteiger partial charge in [0.1, 0.15) is 11.6 Å². The first-order valence-corrected chi connectivity index (χ1v) is 10.4. The molecule has 1 aromatic heterocycles. The van der Waals surface area contributed by atoms with Gasteiger partial charge in [-0.1, -0.05) is 6.07 Å². The Morgan fingerprint density at radius 1 is 1.22 bits per heavy atom. The highest BCUT2D eigenvalue weighted by molar-refractivity contribution is 5.74. The van der Waals surface area contributed by atoms with Gasteiger partial charge in [-0.3, -0.25) is 0 Å². The maximum atomic E-state index is 14.1. The lowest BCUT2D eigenvalue weighted by Gasteiger charge is -2.40. The van der Waals surface area contributed by atoms with E-state index in [0.29, 0.717) is 25.2 Å². The molecule has 0 spiro atoms. The molecule has 0 bridgehead atoms. The zero-order valence-electron chi connectivity index (χ0n) is 17.2. The van der Waals surface area contributed by atoms with Gasteiger partial charge in [-0.2, -0.15) is 5.10 Å². The van der Waals surface area contributed by atoms with Crippen LogP contribution in [0.1, 0.15) is 31.2 Å². The number of aromatic nitrogens is 2. The molecule has 2 fully saturated rings. The third-order valence-electron chi connectivity index (χ3n) is 5.53. The van der Waals surface area contributed by atoms with Gasteiger partial charge in [0.25, 0.3) is 0 Å². The summed E-state index contributed by atoms with van der Waals surface area (Å²) in [5, 5.41) is 10.9. The van der Waals surface area contributed by atoms with Crippen molar-refractivity contribution in [2.75, 3.05) is 18.0 Å². The number of ether oxygens (including phenoxy) is 1. The quantitative estimate of drug-likeness (QED) is 0.673. The Morgan fingerprint density at radius 2 is 2.03 bits per heavy atom. The van der Waals surface area contributed by atoms with Crippen molar-refractivity contribution in [2.45, 2.75) is 50.7 Å². The summed E-state index contributed by atoms with van der Waals surface area (Å²) in [5.74, 6) is -0.732. The van der Waals surface area contributed by atoms with Gasteiger partial charge in [-0.15, -0.1) is 18.3 Å². The molecule has 1 saturated carbocycles. The average Bonchev–Trinajstić information content (AvgIpc) is 3.58. The number of anilines is 1. The molecule has 32 heavy (non-hydrogen) atoms. The highest BCUT2D eigenvalue weighted by Crippen LogP contribution is 2.34. The normalized spacial score (nSPS) is 18.9. The molecule has 7 nitrogen and oxygen atoms in total. The Balaban J connectivity index is 1.36. The van der Waals surface area contributed by atoms with E-state index < -0.39 is 17.9 Å². The Bertz CT molecular complexity index is 940. The Morgan fingerprint density at radius 3 is 2.69 bits per heavy atom. The van der Waals surface area contributed by atoms with E-state index in [0.717, 1.165) is 37.6 Å². The lowest BCUT2D eigenvalue weighted by atomic mass is 10.0. The fourth-order valence-corrected chi connectivity index (χ4v) is 3.97. The summed E-state index contributed by atoms with van der Waals surface area (Å²) in [6.45, 7) is 0.927. The number of nitrogens with one attached hydrogen (secondary N) is 1. The summed E-state index contributed by atoms with van der Waals surface area (Å²) in [7, 11) is 0. The van der Waals surface area contributed by atoms with E-state index in [9.17, 15) is 22.4 Å². The van der Waals surface area contributed by atoms with Crippen LogP contribution in [-0.4, -0.2) is 52.7 Å². The molecule has 2 aromatic rings. The van der Waals surface area contributed by atoms with E-state index in [-0.39, 0.29) is 24.2 Å². The molecular weight excluding hydrogens is 430 g/mol. The number of alkyl halides is 3. The zero-order chi connectivity index (χ0) is 22.7. The lowest BCUT2D eigenvalue weighted by molar-refractivity contribution is -0.274. The van der Waals surface area contributed by atoms with E-state index in [1.54, 1.807) is 11.1 Å². The molecule has 0 unspecified atom stereocenters. The third-order valence-corrected chi connectivity index (χ3v) is 5.53. The fourth-order valence-electron chi connectivity index (χ4n) is 3.97. The van der Waals surface area contributed by atoms with Gasteiger partial charge in [0, 0.05) is 49.5 Å². The number of likely N-dealkylation sites (tertiary alicyclic amines) is 1. The molecule has 2 amide bonds. The number of hydrogen-bond acceptors (Lipinski definition) is 5. The van der Waals surface area contributed by atoms with Gasteiger partial charge in [-0.05, 0) is 43.9 Å². The fraction of sp³-hybridized carbons (Fsp3) is 0.476. The summed E-state index contributed by atoms with van der Waals surface area (Å²) in [5.41, 5.74) is 0.0700. The lowest BCUT2D eigenvalue weighted by Crippen LogP contribution is -2.53. The Kier molecular flexibility index (Phi) is 6.33. The first-order valence-electron chi connectivity index (χ1n) is 10.4. The van der Waals surface area contributed by atoms with Crippen LogP contribution in [0.4, 0.5) is 28.2 Å². The standard InChI is InChI=1S/C21H23F4N5O2/c22-18-11-17(32-21(23,24)25)8-5-14(18)12-26-20(31)29-10-2-3-16(13-29)30(15-6-7-15)19-4-1-9-27-28-19/h1,4-5,8-9,11,15-16H,2-3,6-7,10,12-13H2,(H,26,31)/t16-/m1/s1. The second-order valence-electron chi connectivity index (χ2n) is 7.92. The van der Waals surface area contributed by atoms with Gasteiger partial charge in [-0.25, -0.2) is 9.18 Å². The van der Waals surface area contributed by atoms with Gasteiger partial charge in [0.05, 0.1) is 0 Å². The first-order chi connectivity index (χ1) is 15.3. The number of amides is 2. The van der Waals surface area contributed by atoms with Crippen molar-refractivity contribution >= 4 is 11.8 Å². The van der Waals surface area contributed by atoms with Crippen LogP contribution in [0.3, 0.4) is 0 Å². The third kappa shape index (κ3) is 5.57. The first kappa shape index (κ1) is 22.1. The van der Waals surface area contributed by atoms with E-state index in [2.05, 4.69) is 25.2 Å². The summed E-state index contributed by atoms with van der Waals surface area (Å²) in [6, 6.07) is 6.74. The molecule has 1 aliphatic carbocycles. The largest absolute Gasteiger partial charge is 0.573 e. The summed E-state index contributed by atoms with van der Waals surface area (Å²) in [4.78, 5) is 16.6. The molecule has 1 aromatic carbocycles. The minimum absolute atomic E-state index is 0.0700. The highest BCUT2D eigenvalue weighted by Gasteiger charge is 2.38. The molecule has 4 rings (SSSR count). The highest BCUT2D eigenvalue weighted by atomic mass is 19.4.